The molecule has 1 aliphatic heterocycles. The van der Waals surface area contributed by atoms with E-state index in [4.69, 9.17) is 4.74 Å². The van der Waals surface area contributed by atoms with Gasteiger partial charge in [-0.1, -0.05) is 42.1 Å². The van der Waals surface area contributed by atoms with Crippen LogP contribution in [0.1, 0.15) is 12.0 Å². The van der Waals surface area contributed by atoms with Crippen LogP contribution in [0.15, 0.2) is 83.9 Å². The lowest BCUT2D eigenvalue weighted by Crippen LogP contribution is -2.31. The minimum Gasteiger partial charge on any atom is -0.497 e. The van der Waals surface area contributed by atoms with Crippen LogP contribution in [0.5, 0.6) is 5.75 Å². The van der Waals surface area contributed by atoms with Gasteiger partial charge in [0.05, 0.1) is 19.3 Å². The van der Waals surface area contributed by atoms with Crippen LogP contribution in [0.3, 0.4) is 0 Å². The molecule has 0 aliphatic carbocycles. The van der Waals surface area contributed by atoms with E-state index in [2.05, 4.69) is 10.3 Å². The Morgan fingerprint density at radius 2 is 1.76 bits per heavy atom. The molecular formula is C25H22FN3O3S. The molecule has 1 N–H and O–H groups in total. The fourth-order valence-electron chi connectivity index (χ4n) is 3.34. The third-order valence-electron chi connectivity index (χ3n) is 5.03. The number of nitrogens with one attached hydrogen (secondary N) is 1. The van der Waals surface area contributed by atoms with Gasteiger partial charge in [0.1, 0.15) is 16.8 Å². The van der Waals surface area contributed by atoms with Crippen LogP contribution in [-0.2, 0) is 16.1 Å². The van der Waals surface area contributed by atoms with Crippen molar-refractivity contribution >= 4 is 40.1 Å². The largest absolute Gasteiger partial charge is 0.497 e. The molecular weight excluding hydrogens is 441 g/mol. The molecule has 1 saturated heterocycles. The number of amides is 2. The lowest BCUT2D eigenvalue weighted by atomic mass is 10.2. The number of nitrogens with zero attached hydrogens (tertiary/aromatic N) is 2. The number of halogens is 1. The van der Waals surface area contributed by atoms with E-state index in [9.17, 15) is 14.0 Å². The number of rotatable bonds is 6. The molecule has 8 heteroatoms. The molecule has 0 bridgehead atoms. The highest BCUT2D eigenvalue weighted by Crippen LogP contribution is 2.31. The number of hydrogen-bond acceptors (Lipinski definition) is 5. The highest BCUT2D eigenvalue weighted by atomic mass is 32.2. The Balaban J connectivity index is 1.53. The highest BCUT2D eigenvalue weighted by Gasteiger charge is 2.40. The van der Waals surface area contributed by atoms with Crippen molar-refractivity contribution < 1.29 is 18.7 Å². The number of aliphatic imine (C=N–C) groups is 1. The Morgan fingerprint density at radius 3 is 2.42 bits per heavy atom. The van der Waals surface area contributed by atoms with Gasteiger partial charge < -0.3 is 10.1 Å². The van der Waals surface area contributed by atoms with Crippen molar-refractivity contribution in [1.29, 1.82) is 0 Å². The van der Waals surface area contributed by atoms with Gasteiger partial charge in [-0.05, 0) is 54.1 Å². The normalized spacial score (nSPS) is 16.2. The summed E-state index contributed by atoms with van der Waals surface area (Å²) in [5.74, 6) is -0.277. The molecule has 2 amide bonds. The van der Waals surface area contributed by atoms with E-state index in [-0.39, 0.29) is 24.1 Å². The van der Waals surface area contributed by atoms with Crippen molar-refractivity contribution in [2.75, 3.05) is 17.3 Å². The van der Waals surface area contributed by atoms with Gasteiger partial charge in [-0.15, -0.1) is 0 Å². The third kappa shape index (κ3) is 5.59. The first kappa shape index (κ1) is 22.5. The van der Waals surface area contributed by atoms with Crippen LogP contribution < -0.4 is 15.0 Å². The van der Waals surface area contributed by atoms with E-state index in [0.717, 1.165) is 5.56 Å². The maximum Gasteiger partial charge on any atom is 0.247 e. The number of ether oxygens (including phenoxy) is 1. The zero-order valence-electron chi connectivity index (χ0n) is 17.9. The van der Waals surface area contributed by atoms with Gasteiger partial charge >= 0.3 is 0 Å². The lowest BCUT2D eigenvalue weighted by Gasteiger charge is -2.16. The Kier molecular flexibility index (Phi) is 7.04. The average molecular weight is 464 g/mol. The summed E-state index contributed by atoms with van der Waals surface area (Å²) in [6.07, 6.45) is 0.0605. The number of thioether (sulfide) groups is 1. The first-order chi connectivity index (χ1) is 16.0. The van der Waals surface area contributed by atoms with E-state index in [1.807, 2.05) is 30.3 Å². The molecule has 33 heavy (non-hydrogen) atoms. The van der Waals surface area contributed by atoms with Gasteiger partial charge in [-0.3, -0.25) is 14.6 Å². The minimum absolute atomic E-state index is 0.0605. The zero-order valence-corrected chi connectivity index (χ0v) is 18.7. The fraction of sp³-hybridized carbons (Fsp3) is 0.160. The lowest BCUT2D eigenvalue weighted by molar-refractivity contribution is -0.121. The Morgan fingerprint density at radius 1 is 1.06 bits per heavy atom. The minimum atomic E-state index is -0.623. The van der Waals surface area contributed by atoms with Gasteiger partial charge in [0.25, 0.3) is 0 Å². The predicted octanol–water partition coefficient (Wildman–Crippen LogP) is 4.87. The Labute approximate surface area is 195 Å². The van der Waals surface area contributed by atoms with Crippen molar-refractivity contribution in [3.05, 3.63) is 90.2 Å². The molecule has 1 heterocycles. The standard InChI is InChI=1S/C25H22FN3O3S/c1-32-21-13-11-20(12-14-21)29-23(30)15-22(24(29)31)33-25(27-16-17-5-3-2-4-6-17)28-19-9-7-18(26)8-10-19/h2-14,22H,15-16H2,1H3,(H,27,28)/t22-/m0/s1. The molecule has 3 aromatic rings. The van der Waals surface area contributed by atoms with Gasteiger partial charge in [-0.25, -0.2) is 9.29 Å². The van der Waals surface area contributed by atoms with Crippen LogP contribution in [0, 0.1) is 5.82 Å². The number of anilines is 2. The maximum absolute atomic E-state index is 13.3. The van der Waals surface area contributed by atoms with Crippen LogP contribution >= 0.6 is 11.8 Å². The average Bonchev–Trinajstić information content (AvgIpc) is 3.12. The molecule has 0 radical (unpaired) electrons. The van der Waals surface area contributed by atoms with Gasteiger partial charge in [0, 0.05) is 12.1 Å². The number of carbonyl (C=O) groups is 2. The van der Waals surface area contributed by atoms with Crippen molar-refractivity contribution in [2.45, 2.75) is 18.2 Å². The first-order valence-corrected chi connectivity index (χ1v) is 11.2. The van der Waals surface area contributed by atoms with E-state index in [1.54, 1.807) is 43.5 Å². The Hall–Kier alpha value is -3.65. The molecule has 0 aromatic heterocycles. The number of amidine groups is 1. The molecule has 1 fully saturated rings. The topological polar surface area (TPSA) is 71.0 Å². The summed E-state index contributed by atoms with van der Waals surface area (Å²) in [5, 5.41) is 3.01. The molecule has 0 saturated carbocycles. The smallest absolute Gasteiger partial charge is 0.247 e. The second-order valence-electron chi connectivity index (χ2n) is 7.31. The Bertz CT molecular complexity index is 1150. The monoisotopic (exact) mass is 463 g/mol. The molecule has 1 atom stereocenters. The summed E-state index contributed by atoms with van der Waals surface area (Å²) in [4.78, 5) is 31.6. The number of imide groups is 1. The van der Waals surface area contributed by atoms with Crippen molar-refractivity contribution in [3.63, 3.8) is 0 Å². The van der Waals surface area contributed by atoms with E-state index in [1.165, 1.54) is 28.8 Å². The molecule has 0 unspecified atom stereocenters. The quantitative estimate of drug-likeness (QED) is 0.321. The number of hydrogen-bond donors (Lipinski definition) is 1. The van der Waals surface area contributed by atoms with E-state index < -0.39 is 5.25 Å². The number of methoxy groups -OCH3 is 1. The van der Waals surface area contributed by atoms with Gasteiger partial charge in [0.2, 0.25) is 11.8 Å². The van der Waals surface area contributed by atoms with Crippen LogP contribution in [0.2, 0.25) is 0 Å². The predicted molar refractivity (Wildman–Crippen MR) is 129 cm³/mol. The van der Waals surface area contributed by atoms with Crippen LogP contribution in [0.4, 0.5) is 15.8 Å². The van der Waals surface area contributed by atoms with Gasteiger partial charge in [-0.2, -0.15) is 0 Å². The second-order valence-corrected chi connectivity index (χ2v) is 8.51. The second kappa shape index (κ2) is 10.3. The number of carbonyl (C=O) groups excluding carboxylic acids is 2. The van der Waals surface area contributed by atoms with E-state index in [0.29, 0.717) is 28.8 Å². The number of benzene rings is 3. The molecule has 168 valence electrons. The fourth-order valence-corrected chi connectivity index (χ4v) is 4.36. The molecule has 3 aromatic carbocycles. The first-order valence-electron chi connectivity index (χ1n) is 10.3. The maximum atomic E-state index is 13.3. The molecule has 6 nitrogen and oxygen atoms in total. The summed E-state index contributed by atoms with van der Waals surface area (Å²) in [7, 11) is 1.55. The van der Waals surface area contributed by atoms with Crippen LogP contribution in [0.25, 0.3) is 0 Å². The zero-order chi connectivity index (χ0) is 23.2. The van der Waals surface area contributed by atoms with Crippen molar-refractivity contribution in [3.8, 4) is 5.75 Å². The van der Waals surface area contributed by atoms with Gasteiger partial charge in [0.15, 0.2) is 5.17 Å². The highest BCUT2D eigenvalue weighted by molar-refractivity contribution is 8.15. The van der Waals surface area contributed by atoms with E-state index >= 15 is 0 Å². The summed E-state index contributed by atoms with van der Waals surface area (Å²) in [5.41, 5.74) is 2.15. The van der Waals surface area contributed by atoms with Crippen LogP contribution in [-0.4, -0.2) is 29.3 Å². The summed E-state index contributed by atoms with van der Waals surface area (Å²) in [6, 6.07) is 22.4. The van der Waals surface area contributed by atoms with Crippen molar-refractivity contribution in [1.82, 2.24) is 0 Å². The molecule has 4 rings (SSSR count). The summed E-state index contributed by atoms with van der Waals surface area (Å²) >= 11 is 1.20. The summed E-state index contributed by atoms with van der Waals surface area (Å²) in [6.45, 7) is 0.397. The molecule has 1 aliphatic rings. The third-order valence-corrected chi connectivity index (χ3v) is 6.14. The molecule has 0 spiro atoms. The van der Waals surface area contributed by atoms with Crippen molar-refractivity contribution in [2.24, 2.45) is 4.99 Å². The SMILES string of the molecule is COc1ccc(N2C(=O)C[C@H](SC(=NCc3ccccc3)Nc3ccc(F)cc3)C2=O)cc1. The summed E-state index contributed by atoms with van der Waals surface area (Å²) < 4.78 is 18.5.